The molecule has 1 aromatic heterocycles. The summed E-state index contributed by atoms with van der Waals surface area (Å²) in [6.45, 7) is 0. The van der Waals surface area contributed by atoms with E-state index in [9.17, 15) is 4.79 Å². The molecule has 0 N–H and O–H groups in total. The Morgan fingerprint density at radius 3 is 2.70 bits per heavy atom. The number of hydrogen-bond acceptors (Lipinski definition) is 3. The molecule has 0 saturated heterocycles. The van der Waals surface area contributed by atoms with Crippen LogP contribution in [0.1, 0.15) is 15.9 Å². The first-order chi connectivity index (χ1) is 9.52. The maximum absolute atomic E-state index is 12.4. The van der Waals surface area contributed by atoms with Crippen molar-refractivity contribution in [2.75, 3.05) is 11.9 Å². The average molecular weight is 306 g/mol. The fourth-order valence-corrected chi connectivity index (χ4v) is 2.08. The van der Waals surface area contributed by atoms with Gasteiger partial charge in [0.1, 0.15) is 10.3 Å². The SMILES string of the molecule is CN(C(=O)c1ccc(Cl)nc1Cl)c1cccc(C#N)c1. The van der Waals surface area contributed by atoms with Crippen LogP contribution in [0, 0.1) is 11.3 Å². The van der Waals surface area contributed by atoms with Crippen molar-refractivity contribution in [3.8, 4) is 6.07 Å². The first-order valence-electron chi connectivity index (χ1n) is 5.63. The summed E-state index contributed by atoms with van der Waals surface area (Å²) in [7, 11) is 1.60. The number of pyridine rings is 1. The van der Waals surface area contributed by atoms with E-state index in [0.29, 0.717) is 11.3 Å². The van der Waals surface area contributed by atoms with E-state index in [1.165, 1.54) is 17.0 Å². The molecule has 2 aromatic rings. The molecule has 0 unspecified atom stereocenters. The Balaban J connectivity index is 2.35. The third-order valence-electron chi connectivity index (χ3n) is 2.71. The molecule has 20 heavy (non-hydrogen) atoms. The Labute approximate surface area is 126 Å². The minimum Gasteiger partial charge on any atom is -0.311 e. The second-order valence-corrected chi connectivity index (χ2v) is 4.74. The number of benzene rings is 1. The molecular formula is C14H9Cl2N3O. The number of amides is 1. The second-order valence-electron chi connectivity index (χ2n) is 4.00. The Bertz CT molecular complexity index is 710. The van der Waals surface area contributed by atoms with E-state index in [0.717, 1.165) is 0 Å². The average Bonchev–Trinajstić information content (AvgIpc) is 2.46. The number of anilines is 1. The van der Waals surface area contributed by atoms with Gasteiger partial charge in [-0.3, -0.25) is 4.79 Å². The molecule has 4 nitrogen and oxygen atoms in total. The molecule has 1 aromatic carbocycles. The van der Waals surface area contributed by atoms with Gasteiger partial charge in [-0.1, -0.05) is 29.3 Å². The van der Waals surface area contributed by atoms with E-state index in [1.54, 1.807) is 31.3 Å². The standard InChI is InChI=1S/C14H9Cl2N3O/c1-19(10-4-2-3-9(7-10)8-17)14(20)11-5-6-12(15)18-13(11)16/h2-7H,1H3. The fourth-order valence-electron chi connectivity index (χ4n) is 1.65. The van der Waals surface area contributed by atoms with E-state index in [1.807, 2.05) is 6.07 Å². The van der Waals surface area contributed by atoms with Gasteiger partial charge < -0.3 is 4.90 Å². The lowest BCUT2D eigenvalue weighted by molar-refractivity contribution is 0.0993. The molecule has 0 saturated carbocycles. The van der Waals surface area contributed by atoms with E-state index in [-0.39, 0.29) is 21.8 Å². The summed E-state index contributed by atoms with van der Waals surface area (Å²) >= 11 is 11.6. The van der Waals surface area contributed by atoms with Crippen LogP contribution in [0.4, 0.5) is 5.69 Å². The van der Waals surface area contributed by atoms with Crippen LogP contribution in [-0.4, -0.2) is 17.9 Å². The molecule has 0 aliphatic heterocycles. The Kier molecular flexibility index (Phi) is 4.23. The maximum Gasteiger partial charge on any atom is 0.261 e. The van der Waals surface area contributed by atoms with Gasteiger partial charge in [-0.2, -0.15) is 5.26 Å². The van der Waals surface area contributed by atoms with Crippen LogP contribution in [0.5, 0.6) is 0 Å². The number of hydrogen-bond donors (Lipinski definition) is 0. The van der Waals surface area contributed by atoms with Crippen molar-refractivity contribution in [3.63, 3.8) is 0 Å². The highest BCUT2D eigenvalue weighted by molar-refractivity contribution is 6.35. The minimum absolute atomic E-state index is 0.0470. The predicted molar refractivity (Wildman–Crippen MR) is 78.1 cm³/mol. The number of carbonyl (C=O) groups is 1. The number of nitriles is 1. The number of rotatable bonds is 2. The molecule has 0 bridgehead atoms. The van der Waals surface area contributed by atoms with Crippen molar-refractivity contribution in [1.82, 2.24) is 4.98 Å². The van der Waals surface area contributed by atoms with Crippen LogP contribution in [0.15, 0.2) is 36.4 Å². The quantitative estimate of drug-likeness (QED) is 0.797. The summed E-state index contributed by atoms with van der Waals surface area (Å²) < 4.78 is 0. The van der Waals surface area contributed by atoms with Crippen LogP contribution in [0.2, 0.25) is 10.3 Å². The first-order valence-corrected chi connectivity index (χ1v) is 6.39. The van der Waals surface area contributed by atoms with Gasteiger partial charge in [0.15, 0.2) is 0 Å². The predicted octanol–water partition coefficient (Wildman–Crippen LogP) is 3.54. The minimum atomic E-state index is -0.325. The van der Waals surface area contributed by atoms with Crippen molar-refractivity contribution >= 4 is 34.8 Å². The Hall–Kier alpha value is -2.09. The van der Waals surface area contributed by atoms with Gasteiger partial charge in [-0.15, -0.1) is 0 Å². The van der Waals surface area contributed by atoms with Crippen LogP contribution >= 0.6 is 23.2 Å². The van der Waals surface area contributed by atoms with Crippen molar-refractivity contribution in [1.29, 1.82) is 5.26 Å². The van der Waals surface area contributed by atoms with Gasteiger partial charge in [-0.25, -0.2) is 4.98 Å². The molecule has 0 spiro atoms. The molecule has 100 valence electrons. The van der Waals surface area contributed by atoms with Gasteiger partial charge in [0.2, 0.25) is 0 Å². The lowest BCUT2D eigenvalue weighted by atomic mass is 10.2. The largest absolute Gasteiger partial charge is 0.311 e. The van der Waals surface area contributed by atoms with E-state index in [4.69, 9.17) is 28.5 Å². The van der Waals surface area contributed by atoms with Gasteiger partial charge in [0.05, 0.1) is 17.2 Å². The van der Waals surface area contributed by atoms with Crippen molar-refractivity contribution in [3.05, 3.63) is 57.8 Å². The maximum atomic E-state index is 12.4. The number of nitrogens with zero attached hydrogens (tertiary/aromatic N) is 3. The molecular weight excluding hydrogens is 297 g/mol. The van der Waals surface area contributed by atoms with E-state index < -0.39 is 0 Å². The van der Waals surface area contributed by atoms with Crippen molar-refractivity contribution < 1.29 is 4.79 Å². The first kappa shape index (κ1) is 14.3. The third-order valence-corrected chi connectivity index (χ3v) is 3.21. The Morgan fingerprint density at radius 2 is 2.05 bits per heavy atom. The summed E-state index contributed by atoms with van der Waals surface area (Å²) in [6.07, 6.45) is 0. The molecule has 0 aliphatic rings. The molecule has 1 heterocycles. The lowest BCUT2D eigenvalue weighted by Gasteiger charge is -2.18. The molecule has 6 heteroatoms. The van der Waals surface area contributed by atoms with Crippen LogP contribution < -0.4 is 4.90 Å². The van der Waals surface area contributed by atoms with Crippen molar-refractivity contribution in [2.24, 2.45) is 0 Å². The van der Waals surface area contributed by atoms with Gasteiger partial charge in [-0.05, 0) is 30.3 Å². The third kappa shape index (κ3) is 2.90. The number of halogens is 2. The van der Waals surface area contributed by atoms with Gasteiger partial charge in [0, 0.05) is 12.7 Å². The zero-order valence-corrected chi connectivity index (χ0v) is 12.0. The molecule has 0 atom stereocenters. The topological polar surface area (TPSA) is 57.0 Å². The van der Waals surface area contributed by atoms with E-state index in [2.05, 4.69) is 4.98 Å². The molecule has 0 fully saturated rings. The normalized spacial score (nSPS) is 9.90. The highest BCUT2D eigenvalue weighted by Crippen LogP contribution is 2.21. The van der Waals surface area contributed by atoms with E-state index >= 15 is 0 Å². The summed E-state index contributed by atoms with van der Waals surface area (Å²) in [5.74, 6) is -0.325. The summed E-state index contributed by atoms with van der Waals surface area (Å²) in [5, 5.41) is 9.14. The van der Waals surface area contributed by atoms with Gasteiger partial charge >= 0.3 is 0 Å². The smallest absolute Gasteiger partial charge is 0.261 e. The number of carbonyl (C=O) groups excluding carboxylic acids is 1. The zero-order valence-electron chi connectivity index (χ0n) is 10.5. The molecule has 1 amide bonds. The zero-order chi connectivity index (χ0) is 14.7. The monoisotopic (exact) mass is 305 g/mol. The lowest BCUT2D eigenvalue weighted by Crippen LogP contribution is -2.26. The molecule has 0 aliphatic carbocycles. The molecule has 0 radical (unpaired) electrons. The van der Waals surface area contributed by atoms with Crippen LogP contribution in [0.3, 0.4) is 0 Å². The summed E-state index contributed by atoms with van der Waals surface area (Å²) in [5.41, 5.74) is 1.32. The highest BCUT2D eigenvalue weighted by Gasteiger charge is 2.17. The Morgan fingerprint density at radius 1 is 1.30 bits per heavy atom. The molecule has 2 rings (SSSR count). The summed E-state index contributed by atoms with van der Waals surface area (Å²) in [4.78, 5) is 17.6. The number of aromatic nitrogens is 1. The summed E-state index contributed by atoms with van der Waals surface area (Å²) in [6, 6.07) is 11.8. The van der Waals surface area contributed by atoms with Crippen molar-refractivity contribution in [2.45, 2.75) is 0 Å². The van der Waals surface area contributed by atoms with Crippen LogP contribution in [-0.2, 0) is 0 Å². The van der Waals surface area contributed by atoms with Crippen LogP contribution in [0.25, 0.3) is 0 Å². The second kappa shape index (κ2) is 5.91. The highest BCUT2D eigenvalue weighted by atomic mass is 35.5. The fraction of sp³-hybridized carbons (Fsp3) is 0.0714. The van der Waals surface area contributed by atoms with Gasteiger partial charge in [0.25, 0.3) is 5.91 Å².